The van der Waals surface area contributed by atoms with Gasteiger partial charge in [0.25, 0.3) is 8.32 Å². The number of aliphatic hydroxyl groups excluding tert-OH is 1. The van der Waals surface area contributed by atoms with E-state index in [1.165, 1.54) is 0 Å². The molecule has 6 nitrogen and oxygen atoms in total. The van der Waals surface area contributed by atoms with E-state index in [1.807, 2.05) is 50.2 Å². The van der Waals surface area contributed by atoms with Gasteiger partial charge in [-0.3, -0.25) is 0 Å². The Balaban J connectivity index is 2.07. The third-order valence-corrected chi connectivity index (χ3v) is 11.3. The van der Waals surface area contributed by atoms with Gasteiger partial charge in [0.1, 0.15) is 12.2 Å². The van der Waals surface area contributed by atoms with Crippen LogP contribution >= 0.6 is 0 Å². The van der Waals surface area contributed by atoms with Gasteiger partial charge in [0.05, 0.1) is 19.3 Å². The maximum absolute atomic E-state index is 11.7. The molecule has 1 fully saturated rings. The van der Waals surface area contributed by atoms with Crippen molar-refractivity contribution in [3.63, 3.8) is 0 Å². The number of hydrogen-bond acceptors (Lipinski definition) is 6. The van der Waals surface area contributed by atoms with E-state index in [0.29, 0.717) is 6.61 Å². The molecule has 7 heteroatoms. The van der Waals surface area contributed by atoms with Gasteiger partial charge in [0, 0.05) is 12.3 Å². The zero-order valence-corrected chi connectivity index (χ0v) is 23.1. The minimum atomic E-state index is -2.94. The molecule has 0 aliphatic carbocycles. The molecule has 2 aromatic rings. The van der Waals surface area contributed by atoms with Crippen molar-refractivity contribution in [1.82, 2.24) is 0 Å². The number of aliphatic hydroxyl groups is 1. The molecule has 2 aromatic carbocycles. The van der Waals surface area contributed by atoms with Crippen molar-refractivity contribution in [3.05, 3.63) is 60.7 Å². The summed E-state index contributed by atoms with van der Waals surface area (Å²) in [5.41, 5.74) is 0. The molecule has 0 saturated carbocycles. The Bertz CT molecular complexity index is 1010. The van der Waals surface area contributed by atoms with E-state index in [-0.39, 0.29) is 18.1 Å². The normalized spacial score (nSPS) is 19.1. The molecular formula is C29H38O6Si. The molecule has 1 aliphatic rings. The van der Waals surface area contributed by atoms with Crippen LogP contribution in [0.1, 0.15) is 48.0 Å². The lowest BCUT2D eigenvalue weighted by molar-refractivity contribution is -0.151. The van der Waals surface area contributed by atoms with Crippen molar-refractivity contribution in [1.29, 1.82) is 0 Å². The van der Waals surface area contributed by atoms with Crippen LogP contribution in [0.4, 0.5) is 0 Å². The van der Waals surface area contributed by atoms with Crippen LogP contribution in [0.15, 0.2) is 60.7 Å². The smallest absolute Gasteiger partial charge is 0.384 e. The second-order valence-corrected chi connectivity index (χ2v) is 14.7. The highest BCUT2D eigenvalue weighted by Crippen LogP contribution is 2.39. The molecule has 194 valence electrons. The van der Waals surface area contributed by atoms with E-state index in [0.717, 1.165) is 10.4 Å². The Labute approximate surface area is 216 Å². The van der Waals surface area contributed by atoms with Crippen molar-refractivity contribution < 1.29 is 28.5 Å². The second-order valence-electron chi connectivity index (χ2n) is 10.4. The zero-order valence-electron chi connectivity index (χ0n) is 22.1. The maximum atomic E-state index is 11.7. The van der Waals surface area contributed by atoms with Crippen LogP contribution < -0.4 is 10.4 Å². The highest BCUT2D eigenvalue weighted by molar-refractivity contribution is 6.99. The largest absolute Gasteiger partial charge is 0.456 e. The fourth-order valence-electron chi connectivity index (χ4n) is 4.68. The summed E-state index contributed by atoms with van der Waals surface area (Å²) < 4.78 is 24.2. The summed E-state index contributed by atoms with van der Waals surface area (Å²) in [6, 6.07) is 20.6. The van der Waals surface area contributed by atoms with Gasteiger partial charge < -0.3 is 23.7 Å². The molecule has 3 rings (SSSR count). The van der Waals surface area contributed by atoms with Crippen molar-refractivity contribution in [2.24, 2.45) is 0 Å². The van der Waals surface area contributed by atoms with Crippen LogP contribution in [0.2, 0.25) is 5.04 Å². The molecular weight excluding hydrogens is 472 g/mol. The summed E-state index contributed by atoms with van der Waals surface area (Å²) in [4.78, 5) is 11.7. The standard InChI is InChI=1S/C29H38O6Si/c1-7-32-27(31)19-18-22(30)20-25(26-21-33-29(5,6)34-26)35-36(28(2,3)4,23-14-10-8-11-15-23)24-16-12-9-13-17-24/h8-17,22,25-26,30H,7,20-21H2,1-6H3/t22?,25-,26+/m0/s1. The van der Waals surface area contributed by atoms with Crippen LogP contribution in [0, 0.1) is 11.8 Å². The molecule has 3 atom stereocenters. The Morgan fingerprint density at radius 2 is 1.67 bits per heavy atom. The minimum Gasteiger partial charge on any atom is -0.456 e. The third-order valence-electron chi connectivity index (χ3n) is 6.26. The van der Waals surface area contributed by atoms with E-state index < -0.39 is 38.4 Å². The van der Waals surface area contributed by atoms with Crippen molar-refractivity contribution in [2.45, 2.75) is 77.1 Å². The van der Waals surface area contributed by atoms with Crippen molar-refractivity contribution in [3.8, 4) is 11.8 Å². The third kappa shape index (κ3) is 6.64. The average molecular weight is 511 g/mol. The van der Waals surface area contributed by atoms with Crippen molar-refractivity contribution in [2.75, 3.05) is 13.2 Å². The van der Waals surface area contributed by atoms with Crippen molar-refractivity contribution >= 4 is 24.7 Å². The summed E-state index contributed by atoms with van der Waals surface area (Å²) >= 11 is 0. The lowest BCUT2D eigenvalue weighted by atomic mass is 10.1. The molecule has 0 aromatic heterocycles. The number of hydrogen-bond donors (Lipinski definition) is 1. The summed E-state index contributed by atoms with van der Waals surface area (Å²) in [6.07, 6.45) is -1.91. The lowest BCUT2D eigenvalue weighted by Gasteiger charge is -2.46. The van der Waals surface area contributed by atoms with Gasteiger partial charge in [-0.05, 0) is 36.2 Å². The maximum Gasteiger partial charge on any atom is 0.384 e. The number of ether oxygens (including phenoxy) is 3. The molecule has 1 unspecified atom stereocenters. The second kappa shape index (κ2) is 11.7. The lowest BCUT2D eigenvalue weighted by Crippen LogP contribution is -2.68. The van der Waals surface area contributed by atoms with Gasteiger partial charge in [-0.25, -0.2) is 4.79 Å². The Morgan fingerprint density at radius 3 is 2.11 bits per heavy atom. The molecule has 1 heterocycles. The van der Waals surface area contributed by atoms with Crippen LogP contribution in [0.5, 0.6) is 0 Å². The van der Waals surface area contributed by atoms with Crippen LogP contribution in [0.3, 0.4) is 0 Å². The number of carbonyl (C=O) groups excluding carboxylic acids is 1. The number of esters is 1. The monoisotopic (exact) mass is 510 g/mol. The highest BCUT2D eigenvalue weighted by Gasteiger charge is 2.53. The van der Waals surface area contributed by atoms with Crippen LogP contribution in [-0.2, 0) is 23.4 Å². The zero-order chi connectivity index (χ0) is 26.4. The molecule has 0 spiro atoms. The van der Waals surface area contributed by atoms with Crippen LogP contribution in [0.25, 0.3) is 0 Å². The van der Waals surface area contributed by atoms with Gasteiger partial charge in [0.15, 0.2) is 5.79 Å². The predicted octanol–water partition coefficient (Wildman–Crippen LogP) is 3.40. The van der Waals surface area contributed by atoms with E-state index in [4.69, 9.17) is 18.6 Å². The molecule has 0 bridgehead atoms. The molecule has 0 amide bonds. The summed E-state index contributed by atoms with van der Waals surface area (Å²) in [5.74, 6) is 3.56. The predicted molar refractivity (Wildman–Crippen MR) is 142 cm³/mol. The fourth-order valence-corrected chi connectivity index (χ4v) is 9.40. The molecule has 0 radical (unpaired) electrons. The Morgan fingerprint density at radius 1 is 1.11 bits per heavy atom. The average Bonchev–Trinajstić information content (AvgIpc) is 3.20. The molecule has 1 saturated heterocycles. The van der Waals surface area contributed by atoms with Crippen LogP contribution in [-0.4, -0.2) is 56.7 Å². The van der Waals surface area contributed by atoms with E-state index >= 15 is 0 Å². The highest BCUT2D eigenvalue weighted by atomic mass is 28.4. The first-order valence-corrected chi connectivity index (χ1v) is 14.4. The topological polar surface area (TPSA) is 74.2 Å². The molecule has 1 aliphatic heterocycles. The quantitative estimate of drug-likeness (QED) is 0.254. The first-order chi connectivity index (χ1) is 17.0. The fraction of sp³-hybridized carbons (Fsp3) is 0.483. The van der Waals surface area contributed by atoms with Gasteiger partial charge >= 0.3 is 5.97 Å². The Hall–Kier alpha value is -2.47. The molecule has 36 heavy (non-hydrogen) atoms. The minimum absolute atomic E-state index is 0.154. The summed E-state index contributed by atoms with van der Waals surface area (Å²) in [5, 5.41) is 12.8. The molecule has 1 N–H and O–H groups in total. The summed E-state index contributed by atoms with van der Waals surface area (Å²) in [6.45, 7) is 12.6. The van der Waals surface area contributed by atoms with E-state index in [9.17, 15) is 9.90 Å². The first-order valence-electron chi connectivity index (χ1n) is 12.5. The first kappa shape index (κ1) is 28.1. The van der Waals surface area contributed by atoms with Gasteiger partial charge in [-0.2, -0.15) is 0 Å². The van der Waals surface area contributed by atoms with Gasteiger partial charge in [-0.1, -0.05) is 87.4 Å². The SMILES string of the molecule is CCOC(=O)C#CC(O)C[C@H](O[Si](c1ccccc1)(c1ccccc1)C(C)(C)C)[C@H]1COC(C)(C)O1. The number of carbonyl (C=O) groups is 1. The van der Waals surface area contributed by atoms with Gasteiger partial charge in [0.2, 0.25) is 0 Å². The Kier molecular flexibility index (Phi) is 9.15. The number of rotatable bonds is 8. The number of benzene rings is 2. The summed E-state index contributed by atoms with van der Waals surface area (Å²) in [7, 11) is -2.94. The van der Waals surface area contributed by atoms with E-state index in [1.54, 1.807) is 6.92 Å². The van der Waals surface area contributed by atoms with E-state index in [2.05, 4.69) is 56.9 Å². The van der Waals surface area contributed by atoms with Gasteiger partial charge in [-0.15, -0.1) is 0 Å².